The van der Waals surface area contributed by atoms with E-state index in [1.54, 1.807) is 0 Å². The zero-order chi connectivity index (χ0) is 14.2. The van der Waals surface area contributed by atoms with Crippen LogP contribution in [0.1, 0.15) is 16.1 Å². The Labute approximate surface area is 121 Å². The number of hydrogen-bond donors (Lipinski definition) is 0. The Morgan fingerprint density at radius 1 is 1.00 bits per heavy atom. The zero-order valence-corrected chi connectivity index (χ0v) is 11.2. The molecule has 2 aromatic carbocycles. The molecule has 0 amide bonds. The Bertz CT molecular complexity index is 863. The van der Waals surface area contributed by atoms with E-state index in [0.717, 1.165) is 22.2 Å². The van der Waals surface area contributed by atoms with Crippen LogP contribution < -0.4 is 0 Å². The van der Waals surface area contributed by atoms with Crippen molar-refractivity contribution < 1.29 is 9.63 Å². The molecule has 0 N–H and O–H groups in total. The third-order valence-corrected chi connectivity index (χ3v) is 3.67. The van der Waals surface area contributed by atoms with Gasteiger partial charge in [-0.3, -0.25) is 0 Å². The van der Waals surface area contributed by atoms with Crippen molar-refractivity contribution in [3.8, 4) is 0 Å². The van der Waals surface area contributed by atoms with E-state index < -0.39 is 5.97 Å². The maximum atomic E-state index is 12.1. The second kappa shape index (κ2) is 4.59. The van der Waals surface area contributed by atoms with Gasteiger partial charge in [-0.05, 0) is 12.1 Å². The summed E-state index contributed by atoms with van der Waals surface area (Å²) in [6.07, 6.45) is 0. The molecular formula is C17H12N2O2. The molecular weight excluding hydrogens is 264 g/mol. The summed E-state index contributed by atoms with van der Waals surface area (Å²) in [4.78, 5) is 17.2. The first kappa shape index (κ1) is 11.9. The highest BCUT2D eigenvalue weighted by Gasteiger charge is 2.22. The van der Waals surface area contributed by atoms with Crippen LogP contribution in [0, 0.1) is 0 Å². The first-order chi connectivity index (χ1) is 10.3. The quantitative estimate of drug-likeness (QED) is 0.640. The fourth-order valence-corrected chi connectivity index (χ4v) is 2.65. The molecule has 0 unspecified atom stereocenters. The van der Waals surface area contributed by atoms with Crippen LogP contribution in [0.4, 0.5) is 0 Å². The van der Waals surface area contributed by atoms with Crippen LogP contribution in [0.2, 0.25) is 0 Å². The molecule has 0 aliphatic carbocycles. The first-order valence-electron chi connectivity index (χ1n) is 6.75. The topological polar surface area (TPSA) is 43.6 Å². The summed E-state index contributed by atoms with van der Waals surface area (Å²) < 4.78 is 1.95. The van der Waals surface area contributed by atoms with Crippen molar-refractivity contribution in [2.75, 3.05) is 0 Å². The molecule has 21 heavy (non-hydrogen) atoms. The van der Waals surface area contributed by atoms with Gasteiger partial charge in [-0.25, -0.2) is 4.79 Å². The second-order valence-electron chi connectivity index (χ2n) is 4.96. The molecule has 0 saturated heterocycles. The highest BCUT2D eigenvalue weighted by atomic mass is 16.7. The number of carbonyl (C=O) groups is 1. The van der Waals surface area contributed by atoms with Gasteiger partial charge in [-0.15, -0.1) is 0 Å². The largest absolute Gasteiger partial charge is 0.382 e. The van der Waals surface area contributed by atoms with Crippen molar-refractivity contribution in [3.63, 3.8) is 0 Å². The number of oxime groups is 1. The van der Waals surface area contributed by atoms with E-state index in [0.29, 0.717) is 12.2 Å². The molecule has 1 aliphatic heterocycles. The number of benzene rings is 2. The van der Waals surface area contributed by atoms with Crippen LogP contribution >= 0.6 is 0 Å². The molecule has 3 aromatic rings. The number of fused-ring (bicyclic) bond motifs is 3. The van der Waals surface area contributed by atoms with Crippen molar-refractivity contribution in [3.05, 3.63) is 71.9 Å². The molecule has 102 valence electrons. The van der Waals surface area contributed by atoms with E-state index in [4.69, 9.17) is 4.84 Å². The van der Waals surface area contributed by atoms with Gasteiger partial charge in [0, 0.05) is 16.5 Å². The minimum absolute atomic E-state index is 0.419. The molecule has 2 heterocycles. The molecule has 0 bridgehead atoms. The molecule has 1 aromatic heterocycles. The molecule has 0 spiro atoms. The van der Waals surface area contributed by atoms with Crippen LogP contribution in [0.5, 0.6) is 0 Å². The van der Waals surface area contributed by atoms with Crippen LogP contribution in [-0.2, 0) is 11.4 Å². The molecule has 1 aliphatic rings. The van der Waals surface area contributed by atoms with Crippen molar-refractivity contribution in [2.24, 2.45) is 5.16 Å². The highest BCUT2D eigenvalue weighted by molar-refractivity contribution is 6.04. The molecule has 0 saturated carbocycles. The third-order valence-electron chi connectivity index (χ3n) is 3.67. The number of hydrogen-bond acceptors (Lipinski definition) is 3. The number of aromatic nitrogens is 1. The summed E-state index contributed by atoms with van der Waals surface area (Å²) in [5.74, 6) is -0.419. The van der Waals surface area contributed by atoms with E-state index in [1.807, 2.05) is 65.2 Å². The van der Waals surface area contributed by atoms with Gasteiger partial charge in [0.2, 0.25) is 0 Å². The van der Waals surface area contributed by atoms with Gasteiger partial charge in [0.25, 0.3) is 0 Å². The van der Waals surface area contributed by atoms with Crippen LogP contribution in [0.25, 0.3) is 10.9 Å². The minimum Gasteiger partial charge on any atom is -0.329 e. The van der Waals surface area contributed by atoms with E-state index >= 15 is 0 Å². The standard InChI is InChI=1S/C17H12N2O2/c20-17-16-10-13-8-4-5-9-15(13)19(16)11-14(18-21-17)12-6-2-1-3-7-12/h1-10H,11H2. The summed E-state index contributed by atoms with van der Waals surface area (Å²) in [5, 5.41) is 5.04. The van der Waals surface area contributed by atoms with Crippen molar-refractivity contribution in [1.29, 1.82) is 0 Å². The van der Waals surface area contributed by atoms with Crippen molar-refractivity contribution in [1.82, 2.24) is 4.57 Å². The monoisotopic (exact) mass is 276 g/mol. The molecule has 0 atom stereocenters. The van der Waals surface area contributed by atoms with Gasteiger partial charge >= 0.3 is 5.97 Å². The minimum atomic E-state index is -0.419. The number of carbonyl (C=O) groups excluding carboxylic acids is 1. The Hall–Kier alpha value is -2.88. The van der Waals surface area contributed by atoms with Gasteiger partial charge < -0.3 is 9.40 Å². The summed E-state index contributed by atoms with van der Waals surface area (Å²) >= 11 is 0. The van der Waals surface area contributed by atoms with Gasteiger partial charge in [0.1, 0.15) is 11.4 Å². The van der Waals surface area contributed by atoms with Gasteiger partial charge in [0.05, 0.1) is 6.54 Å². The summed E-state index contributed by atoms with van der Waals surface area (Å²) in [6.45, 7) is 0.513. The smallest absolute Gasteiger partial charge is 0.329 e. The van der Waals surface area contributed by atoms with E-state index in [-0.39, 0.29) is 0 Å². The van der Waals surface area contributed by atoms with Gasteiger partial charge in [0.15, 0.2) is 0 Å². The molecule has 0 fully saturated rings. The van der Waals surface area contributed by atoms with Gasteiger partial charge in [-0.2, -0.15) is 0 Å². The average Bonchev–Trinajstić information content (AvgIpc) is 2.82. The highest BCUT2D eigenvalue weighted by Crippen LogP contribution is 2.23. The molecule has 4 heteroatoms. The van der Waals surface area contributed by atoms with Crippen molar-refractivity contribution in [2.45, 2.75) is 6.54 Å². The summed E-state index contributed by atoms with van der Waals surface area (Å²) in [7, 11) is 0. The molecule has 4 nitrogen and oxygen atoms in total. The average molecular weight is 276 g/mol. The Kier molecular flexibility index (Phi) is 2.60. The lowest BCUT2D eigenvalue weighted by atomic mass is 10.1. The number of para-hydroxylation sites is 1. The maximum absolute atomic E-state index is 12.1. The third kappa shape index (κ3) is 1.92. The van der Waals surface area contributed by atoms with Crippen LogP contribution in [0.15, 0.2) is 65.8 Å². The van der Waals surface area contributed by atoms with Crippen LogP contribution in [-0.4, -0.2) is 16.2 Å². The SMILES string of the molecule is O=C1ON=C(c2ccccc2)Cn2c1cc1ccccc12. The lowest BCUT2D eigenvalue weighted by Gasteiger charge is -2.07. The summed E-state index contributed by atoms with van der Waals surface area (Å²) in [5.41, 5.74) is 3.24. The van der Waals surface area contributed by atoms with E-state index in [2.05, 4.69) is 5.16 Å². The Balaban J connectivity index is 1.89. The predicted molar refractivity (Wildman–Crippen MR) is 80.3 cm³/mol. The lowest BCUT2D eigenvalue weighted by Crippen LogP contribution is -2.12. The fraction of sp³-hybridized carbons (Fsp3) is 0.0588. The predicted octanol–water partition coefficient (Wildman–Crippen LogP) is 3.22. The molecule has 4 rings (SSSR count). The lowest BCUT2D eigenvalue weighted by molar-refractivity contribution is 0.0513. The normalized spacial score (nSPS) is 14.3. The van der Waals surface area contributed by atoms with E-state index in [1.165, 1.54) is 0 Å². The Morgan fingerprint density at radius 3 is 2.62 bits per heavy atom. The molecule has 0 radical (unpaired) electrons. The Morgan fingerprint density at radius 2 is 1.76 bits per heavy atom. The van der Waals surface area contributed by atoms with Crippen LogP contribution in [0.3, 0.4) is 0 Å². The maximum Gasteiger partial charge on any atom is 0.382 e. The van der Waals surface area contributed by atoms with Crippen molar-refractivity contribution >= 4 is 22.6 Å². The van der Waals surface area contributed by atoms with Gasteiger partial charge in [-0.1, -0.05) is 53.7 Å². The van der Waals surface area contributed by atoms with E-state index in [9.17, 15) is 4.79 Å². The zero-order valence-electron chi connectivity index (χ0n) is 11.2. The first-order valence-corrected chi connectivity index (χ1v) is 6.75. The number of nitrogens with zero attached hydrogens (tertiary/aromatic N) is 2. The summed E-state index contributed by atoms with van der Waals surface area (Å²) in [6, 6.07) is 19.5. The fourth-order valence-electron chi connectivity index (χ4n) is 2.65. The second-order valence-corrected chi connectivity index (χ2v) is 4.96. The number of rotatable bonds is 1.